The number of phenols is 1. The molecule has 2 aromatic carbocycles. The van der Waals surface area contributed by atoms with Crippen molar-refractivity contribution in [2.24, 2.45) is 0 Å². The summed E-state index contributed by atoms with van der Waals surface area (Å²) in [5, 5.41) is 12.3. The van der Waals surface area contributed by atoms with E-state index in [2.05, 4.69) is 53.7 Å². The molecule has 154 valence electrons. The minimum Gasteiger partial charge on any atom is -0.507 e. The van der Waals surface area contributed by atoms with Gasteiger partial charge in [-0.15, -0.1) is 0 Å². The first-order valence-electron chi connectivity index (χ1n) is 9.78. The van der Waals surface area contributed by atoms with E-state index in [1.165, 1.54) is 5.56 Å². The molecule has 0 aliphatic carbocycles. The first-order valence-corrected chi connectivity index (χ1v) is 11.7. The number of hydrogen-bond acceptors (Lipinski definition) is 2. The lowest BCUT2D eigenvalue weighted by molar-refractivity contribution is 0.422. The van der Waals surface area contributed by atoms with Gasteiger partial charge in [0, 0.05) is 15.8 Å². The maximum atomic E-state index is 10.8. The molecule has 0 saturated heterocycles. The average molecular weight is 439 g/mol. The maximum Gasteiger partial charge on any atom is 0.123 e. The van der Waals surface area contributed by atoms with Crippen molar-refractivity contribution in [3.05, 3.63) is 62.6 Å². The fraction of sp³-hybridized carbons (Fsp3) is 0.500. The van der Waals surface area contributed by atoms with Crippen LogP contribution in [0.3, 0.4) is 0 Å². The molecule has 2 aromatic rings. The van der Waals surface area contributed by atoms with Gasteiger partial charge in [0.15, 0.2) is 0 Å². The molecule has 28 heavy (non-hydrogen) atoms. The lowest BCUT2D eigenvalue weighted by Gasteiger charge is -2.28. The van der Waals surface area contributed by atoms with Gasteiger partial charge in [-0.25, -0.2) is 0 Å². The Morgan fingerprint density at radius 2 is 1.46 bits per heavy atom. The SMILES string of the molecule is CC(C)(C)c1cc(CCCSCc2ccc(Cl)cc2Cl)cc(C(C)(C)C)c1O. The number of halogens is 2. The van der Waals surface area contributed by atoms with Crippen LogP contribution < -0.4 is 0 Å². The Bertz CT molecular complexity index is 781. The predicted octanol–water partition coefficient (Wildman–Crippen LogP) is 8.16. The first kappa shape index (κ1) is 23.4. The lowest BCUT2D eigenvalue weighted by atomic mass is 9.78. The molecule has 0 radical (unpaired) electrons. The Kier molecular flexibility index (Phi) is 7.81. The van der Waals surface area contributed by atoms with Crippen molar-refractivity contribution in [3.8, 4) is 5.75 Å². The number of phenolic OH excluding ortho intramolecular Hbond substituents is 1. The number of benzene rings is 2. The molecular weight excluding hydrogens is 407 g/mol. The summed E-state index contributed by atoms with van der Waals surface area (Å²) in [6.45, 7) is 12.9. The highest BCUT2D eigenvalue weighted by Crippen LogP contribution is 2.40. The molecule has 0 atom stereocenters. The molecule has 2 rings (SSSR count). The second kappa shape index (κ2) is 9.32. The average Bonchev–Trinajstić information content (AvgIpc) is 2.55. The van der Waals surface area contributed by atoms with Gasteiger partial charge in [-0.05, 0) is 63.8 Å². The van der Waals surface area contributed by atoms with Crippen molar-refractivity contribution in [2.75, 3.05) is 5.75 Å². The maximum absolute atomic E-state index is 10.8. The molecule has 0 aliphatic rings. The van der Waals surface area contributed by atoms with Gasteiger partial charge in [-0.2, -0.15) is 11.8 Å². The smallest absolute Gasteiger partial charge is 0.123 e. The van der Waals surface area contributed by atoms with Crippen LogP contribution in [0.25, 0.3) is 0 Å². The number of aromatic hydroxyl groups is 1. The van der Waals surface area contributed by atoms with Crippen LogP contribution in [0.1, 0.15) is 70.2 Å². The Morgan fingerprint density at radius 1 is 0.893 bits per heavy atom. The second-order valence-electron chi connectivity index (χ2n) is 9.43. The summed E-state index contributed by atoms with van der Waals surface area (Å²) in [5.41, 5.74) is 4.34. The van der Waals surface area contributed by atoms with Crippen LogP contribution in [0, 0.1) is 0 Å². The lowest BCUT2D eigenvalue weighted by Crippen LogP contribution is -2.18. The van der Waals surface area contributed by atoms with Gasteiger partial charge < -0.3 is 5.11 Å². The summed E-state index contributed by atoms with van der Waals surface area (Å²) in [6, 6.07) is 10.1. The molecule has 1 N–H and O–H groups in total. The van der Waals surface area contributed by atoms with Gasteiger partial charge in [-0.3, -0.25) is 0 Å². The number of rotatable bonds is 6. The molecule has 0 aliphatic heterocycles. The van der Waals surface area contributed by atoms with E-state index < -0.39 is 0 Å². The van der Waals surface area contributed by atoms with Gasteiger partial charge in [0.25, 0.3) is 0 Å². The fourth-order valence-corrected chi connectivity index (χ4v) is 4.70. The molecular formula is C24H32Cl2OS. The highest BCUT2D eigenvalue weighted by Gasteiger charge is 2.26. The summed E-state index contributed by atoms with van der Waals surface area (Å²) < 4.78 is 0. The summed E-state index contributed by atoms with van der Waals surface area (Å²) in [4.78, 5) is 0. The minimum absolute atomic E-state index is 0.0832. The number of thioether (sulfide) groups is 1. The summed E-state index contributed by atoms with van der Waals surface area (Å²) in [6.07, 6.45) is 2.10. The third-order valence-electron chi connectivity index (χ3n) is 4.81. The predicted molar refractivity (Wildman–Crippen MR) is 126 cm³/mol. The van der Waals surface area contributed by atoms with Crippen LogP contribution in [-0.4, -0.2) is 10.9 Å². The van der Waals surface area contributed by atoms with Crippen LogP contribution in [0.15, 0.2) is 30.3 Å². The van der Waals surface area contributed by atoms with Crippen LogP contribution in [0.5, 0.6) is 5.75 Å². The number of aryl methyl sites for hydroxylation is 1. The molecule has 0 amide bonds. The molecule has 0 unspecified atom stereocenters. The Morgan fingerprint density at radius 3 is 1.96 bits per heavy atom. The minimum atomic E-state index is -0.0832. The highest BCUT2D eigenvalue weighted by molar-refractivity contribution is 7.98. The molecule has 0 bridgehead atoms. The van der Waals surface area contributed by atoms with Crippen molar-refractivity contribution in [2.45, 2.75) is 71.0 Å². The Balaban J connectivity index is 2.03. The van der Waals surface area contributed by atoms with Crippen LogP contribution in [0.2, 0.25) is 10.0 Å². The summed E-state index contributed by atoms with van der Waals surface area (Å²) >= 11 is 14.1. The highest BCUT2D eigenvalue weighted by atomic mass is 35.5. The van der Waals surface area contributed by atoms with Gasteiger partial charge in [0.05, 0.1) is 0 Å². The van der Waals surface area contributed by atoms with Crippen molar-refractivity contribution in [1.82, 2.24) is 0 Å². The van der Waals surface area contributed by atoms with E-state index in [4.69, 9.17) is 23.2 Å². The quantitative estimate of drug-likeness (QED) is 0.458. The van der Waals surface area contributed by atoms with Crippen LogP contribution in [-0.2, 0) is 23.0 Å². The Labute approximate surface area is 184 Å². The second-order valence-corrected chi connectivity index (χ2v) is 11.4. The van der Waals surface area contributed by atoms with Crippen molar-refractivity contribution in [1.29, 1.82) is 0 Å². The van der Waals surface area contributed by atoms with Gasteiger partial charge in [0.1, 0.15) is 5.75 Å². The van der Waals surface area contributed by atoms with Gasteiger partial charge >= 0.3 is 0 Å². The normalized spacial score (nSPS) is 12.4. The zero-order valence-electron chi connectivity index (χ0n) is 17.8. The van der Waals surface area contributed by atoms with E-state index in [1.54, 1.807) is 6.07 Å². The van der Waals surface area contributed by atoms with Gasteiger partial charge in [0.2, 0.25) is 0 Å². The van der Waals surface area contributed by atoms with Crippen LogP contribution in [0.4, 0.5) is 0 Å². The van der Waals surface area contributed by atoms with Crippen molar-refractivity contribution >= 4 is 35.0 Å². The van der Waals surface area contributed by atoms with E-state index in [0.717, 1.165) is 46.1 Å². The van der Waals surface area contributed by atoms with E-state index in [1.807, 2.05) is 23.9 Å². The monoisotopic (exact) mass is 438 g/mol. The molecule has 1 nitrogen and oxygen atoms in total. The molecule has 0 heterocycles. The molecule has 0 saturated carbocycles. The standard InChI is InChI=1S/C24H32Cl2OS/c1-23(2,3)19-12-16(13-20(22(19)27)24(4,5)6)8-7-11-28-15-17-9-10-18(25)14-21(17)26/h9-10,12-14,27H,7-8,11,15H2,1-6H3. The fourth-order valence-electron chi connectivity index (χ4n) is 3.18. The Hall–Kier alpha value is -0.830. The topological polar surface area (TPSA) is 20.2 Å². The van der Waals surface area contributed by atoms with Crippen molar-refractivity contribution in [3.63, 3.8) is 0 Å². The van der Waals surface area contributed by atoms with E-state index in [0.29, 0.717) is 10.8 Å². The van der Waals surface area contributed by atoms with Crippen molar-refractivity contribution < 1.29 is 5.11 Å². The summed E-state index contributed by atoms with van der Waals surface area (Å²) in [7, 11) is 0. The first-order chi connectivity index (χ1) is 12.9. The molecule has 0 spiro atoms. The van der Waals surface area contributed by atoms with E-state index >= 15 is 0 Å². The molecule has 0 fully saturated rings. The largest absolute Gasteiger partial charge is 0.507 e. The third kappa shape index (κ3) is 6.34. The van der Waals surface area contributed by atoms with E-state index in [-0.39, 0.29) is 10.8 Å². The van der Waals surface area contributed by atoms with Crippen LogP contribution >= 0.6 is 35.0 Å². The molecule has 4 heteroatoms. The van der Waals surface area contributed by atoms with Gasteiger partial charge in [-0.1, -0.05) is 82.9 Å². The number of hydrogen-bond donors (Lipinski definition) is 1. The van der Waals surface area contributed by atoms with E-state index in [9.17, 15) is 5.11 Å². The molecule has 0 aromatic heterocycles. The zero-order valence-corrected chi connectivity index (χ0v) is 20.2. The summed E-state index contributed by atoms with van der Waals surface area (Å²) in [5.74, 6) is 2.41. The zero-order chi connectivity index (χ0) is 21.1. The third-order valence-corrected chi connectivity index (χ3v) is 6.49.